The van der Waals surface area contributed by atoms with E-state index in [-0.39, 0.29) is 30.0 Å². The minimum atomic E-state index is -4.72. The normalized spacial score (nSPS) is 15.4. The monoisotopic (exact) mass is 328 g/mol. The second-order valence-electron chi connectivity index (χ2n) is 5.92. The van der Waals surface area contributed by atoms with Crippen LogP contribution in [0.15, 0.2) is 15.4 Å². The topological polar surface area (TPSA) is 73.8 Å². The summed E-state index contributed by atoms with van der Waals surface area (Å²) in [5, 5.41) is 7.77. The first-order chi connectivity index (χ1) is 10.8. The SMILES string of the molecule is CC(C)c1noc(Cn2nc(C3CC3)cc(C(F)(F)F)c2=O)n1. The van der Waals surface area contributed by atoms with Crippen LogP contribution in [0.5, 0.6) is 0 Å². The lowest BCUT2D eigenvalue weighted by Gasteiger charge is -2.11. The summed E-state index contributed by atoms with van der Waals surface area (Å²) in [6.07, 6.45) is -3.16. The van der Waals surface area contributed by atoms with E-state index in [0.717, 1.165) is 23.6 Å². The van der Waals surface area contributed by atoms with Gasteiger partial charge in [-0.2, -0.15) is 23.3 Å². The molecule has 124 valence electrons. The summed E-state index contributed by atoms with van der Waals surface area (Å²) in [7, 11) is 0. The molecule has 0 aliphatic heterocycles. The Morgan fingerprint density at radius 1 is 1.39 bits per heavy atom. The third-order valence-electron chi connectivity index (χ3n) is 3.58. The smallest absolute Gasteiger partial charge is 0.337 e. The fraction of sp³-hybridized carbons (Fsp3) is 0.571. The van der Waals surface area contributed by atoms with Crippen molar-refractivity contribution in [3.63, 3.8) is 0 Å². The van der Waals surface area contributed by atoms with Crippen molar-refractivity contribution in [3.8, 4) is 0 Å². The van der Waals surface area contributed by atoms with Gasteiger partial charge < -0.3 is 4.52 Å². The highest BCUT2D eigenvalue weighted by Gasteiger charge is 2.37. The van der Waals surface area contributed by atoms with Gasteiger partial charge >= 0.3 is 6.18 Å². The van der Waals surface area contributed by atoms with Crippen molar-refractivity contribution in [2.24, 2.45) is 0 Å². The van der Waals surface area contributed by atoms with E-state index in [9.17, 15) is 18.0 Å². The highest BCUT2D eigenvalue weighted by molar-refractivity contribution is 5.22. The predicted octanol–water partition coefficient (Wildman–Crippen LogP) is 2.69. The molecule has 2 aromatic heterocycles. The average Bonchev–Trinajstić information content (AvgIpc) is 3.19. The van der Waals surface area contributed by atoms with E-state index in [1.165, 1.54) is 0 Å². The molecule has 3 rings (SSSR count). The van der Waals surface area contributed by atoms with Gasteiger partial charge in [-0.15, -0.1) is 0 Å². The maximum Gasteiger partial charge on any atom is 0.421 e. The first-order valence-electron chi connectivity index (χ1n) is 7.27. The predicted molar refractivity (Wildman–Crippen MR) is 73.0 cm³/mol. The van der Waals surface area contributed by atoms with Gasteiger partial charge in [0.2, 0.25) is 5.89 Å². The highest BCUT2D eigenvalue weighted by Crippen LogP contribution is 2.40. The summed E-state index contributed by atoms with van der Waals surface area (Å²) in [6, 6.07) is 0.851. The van der Waals surface area contributed by atoms with E-state index in [4.69, 9.17) is 4.52 Å². The second kappa shape index (κ2) is 5.47. The molecule has 0 amide bonds. The zero-order valence-corrected chi connectivity index (χ0v) is 12.6. The van der Waals surface area contributed by atoms with Crippen molar-refractivity contribution in [1.29, 1.82) is 0 Å². The van der Waals surface area contributed by atoms with Crippen LogP contribution in [0.2, 0.25) is 0 Å². The van der Waals surface area contributed by atoms with Gasteiger partial charge in [-0.05, 0) is 18.9 Å². The van der Waals surface area contributed by atoms with Crippen molar-refractivity contribution >= 4 is 0 Å². The molecule has 0 bridgehead atoms. The van der Waals surface area contributed by atoms with E-state index in [0.29, 0.717) is 5.82 Å². The largest absolute Gasteiger partial charge is 0.421 e. The third-order valence-corrected chi connectivity index (χ3v) is 3.58. The minimum Gasteiger partial charge on any atom is -0.337 e. The number of rotatable bonds is 4. The molecule has 9 heteroatoms. The Balaban J connectivity index is 2.00. The molecule has 1 saturated carbocycles. The standard InChI is InChI=1S/C14H15F3N4O2/c1-7(2)12-18-11(23-20-12)6-21-13(22)9(14(15,16)17)5-10(19-21)8-3-4-8/h5,7-8H,3-4,6H2,1-2H3. The summed E-state index contributed by atoms with van der Waals surface area (Å²) >= 11 is 0. The fourth-order valence-corrected chi connectivity index (χ4v) is 2.15. The van der Waals surface area contributed by atoms with Gasteiger partial charge in [0.1, 0.15) is 12.1 Å². The van der Waals surface area contributed by atoms with Crippen molar-refractivity contribution in [1.82, 2.24) is 19.9 Å². The lowest BCUT2D eigenvalue weighted by atomic mass is 10.2. The van der Waals surface area contributed by atoms with Crippen LogP contribution in [-0.2, 0) is 12.7 Å². The van der Waals surface area contributed by atoms with Crippen molar-refractivity contribution < 1.29 is 17.7 Å². The van der Waals surface area contributed by atoms with Crippen LogP contribution in [0.1, 0.15) is 61.5 Å². The number of aromatic nitrogens is 4. The van der Waals surface area contributed by atoms with Crippen LogP contribution >= 0.6 is 0 Å². The van der Waals surface area contributed by atoms with Crippen molar-refractivity contribution in [3.05, 3.63) is 39.4 Å². The molecule has 0 radical (unpaired) electrons. The van der Waals surface area contributed by atoms with Crippen LogP contribution in [0, 0.1) is 0 Å². The minimum absolute atomic E-state index is 0.0146. The molecule has 2 aromatic rings. The molecule has 0 atom stereocenters. The second-order valence-corrected chi connectivity index (χ2v) is 5.92. The van der Waals surface area contributed by atoms with Crippen LogP contribution in [0.25, 0.3) is 0 Å². The summed E-state index contributed by atoms with van der Waals surface area (Å²) < 4.78 is 44.9. The van der Waals surface area contributed by atoms with Crippen LogP contribution < -0.4 is 5.56 Å². The Kier molecular flexibility index (Phi) is 3.73. The third kappa shape index (κ3) is 3.27. The molecule has 1 aliphatic carbocycles. The van der Waals surface area contributed by atoms with E-state index in [1.807, 2.05) is 13.8 Å². The van der Waals surface area contributed by atoms with E-state index >= 15 is 0 Å². The Morgan fingerprint density at radius 3 is 2.61 bits per heavy atom. The van der Waals surface area contributed by atoms with E-state index in [2.05, 4.69) is 15.2 Å². The van der Waals surface area contributed by atoms with Gasteiger partial charge in [0.15, 0.2) is 5.82 Å². The maximum absolute atomic E-state index is 13.0. The molecule has 1 aliphatic rings. The van der Waals surface area contributed by atoms with Crippen molar-refractivity contribution in [2.75, 3.05) is 0 Å². The Hall–Kier alpha value is -2.19. The van der Waals surface area contributed by atoms with E-state index < -0.39 is 17.3 Å². The zero-order valence-electron chi connectivity index (χ0n) is 12.6. The van der Waals surface area contributed by atoms with Crippen LogP contribution in [0.4, 0.5) is 13.2 Å². The molecular weight excluding hydrogens is 313 g/mol. The Morgan fingerprint density at radius 2 is 2.09 bits per heavy atom. The Labute approximate surface area is 129 Å². The van der Waals surface area contributed by atoms with Gasteiger partial charge in [-0.3, -0.25) is 4.79 Å². The summed E-state index contributed by atoms with van der Waals surface area (Å²) in [4.78, 5) is 16.1. The maximum atomic E-state index is 13.0. The lowest BCUT2D eigenvalue weighted by molar-refractivity contribution is -0.139. The number of hydrogen-bond acceptors (Lipinski definition) is 5. The number of halogens is 3. The number of hydrogen-bond donors (Lipinski definition) is 0. The van der Waals surface area contributed by atoms with Gasteiger partial charge in [0.25, 0.3) is 5.56 Å². The van der Waals surface area contributed by atoms with Crippen molar-refractivity contribution in [2.45, 2.75) is 51.2 Å². The molecule has 2 heterocycles. The molecule has 1 fully saturated rings. The number of alkyl halides is 3. The van der Waals surface area contributed by atoms with Gasteiger partial charge in [-0.25, -0.2) is 4.68 Å². The highest BCUT2D eigenvalue weighted by atomic mass is 19.4. The summed E-state index contributed by atoms with van der Waals surface area (Å²) in [5.41, 5.74) is -2.13. The zero-order chi connectivity index (χ0) is 16.8. The number of nitrogens with zero attached hydrogens (tertiary/aromatic N) is 4. The molecule has 23 heavy (non-hydrogen) atoms. The van der Waals surface area contributed by atoms with Crippen LogP contribution in [0.3, 0.4) is 0 Å². The fourth-order valence-electron chi connectivity index (χ4n) is 2.15. The molecule has 0 saturated heterocycles. The van der Waals surface area contributed by atoms with Crippen LogP contribution in [-0.4, -0.2) is 19.9 Å². The summed E-state index contributed by atoms with van der Waals surface area (Å²) in [6.45, 7) is 3.44. The Bertz CT molecular complexity index is 775. The van der Waals surface area contributed by atoms with Gasteiger partial charge in [0, 0.05) is 11.8 Å². The molecular formula is C14H15F3N4O2. The van der Waals surface area contributed by atoms with Gasteiger partial charge in [-0.1, -0.05) is 19.0 Å². The molecule has 0 N–H and O–H groups in total. The van der Waals surface area contributed by atoms with E-state index in [1.54, 1.807) is 0 Å². The first kappa shape index (κ1) is 15.7. The molecule has 0 spiro atoms. The van der Waals surface area contributed by atoms with Gasteiger partial charge in [0.05, 0.1) is 5.69 Å². The summed E-state index contributed by atoms with van der Waals surface area (Å²) in [5.74, 6) is 0.490. The average molecular weight is 328 g/mol. The quantitative estimate of drug-likeness (QED) is 0.863. The lowest BCUT2D eigenvalue weighted by Crippen LogP contribution is -2.31. The molecule has 0 unspecified atom stereocenters. The first-order valence-corrected chi connectivity index (χ1v) is 7.27. The molecule has 0 aromatic carbocycles. The molecule has 6 nitrogen and oxygen atoms in total.